The van der Waals surface area contributed by atoms with Gasteiger partial charge in [-0.1, -0.05) is 12.1 Å². The molecule has 2 rings (SSSR count). The molecular weight excluding hydrogens is 445 g/mol. The molecule has 0 aliphatic carbocycles. The Bertz CT molecular complexity index is 740. The highest BCUT2D eigenvalue weighted by molar-refractivity contribution is 9.11. The average molecular weight is 459 g/mol. The van der Waals surface area contributed by atoms with Gasteiger partial charge in [-0.2, -0.15) is 0 Å². The Morgan fingerprint density at radius 3 is 2.29 bits per heavy atom. The summed E-state index contributed by atoms with van der Waals surface area (Å²) < 4.78 is 19.2. The predicted molar refractivity (Wildman–Crippen MR) is 96.3 cm³/mol. The van der Waals surface area contributed by atoms with E-state index in [0.29, 0.717) is 11.3 Å². The standard InChI is InChI=1S/C17H14Br2FNO3/c1-10-6-13(18)17(14(19)7-10)21-15(22)9-24-16(23)8-11-2-4-12(20)5-3-11/h2-7H,8-9H2,1H3,(H,21,22). The molecule has 0 spiro atoms. The summed E-state index contributed by atoms with van der Waals surface area (Å²) in [5, 5.41) is 2.67. The van der Waals surface area contributed by atoms with E-state index >= 15 is 0 Å². The Labute approximate surface area is 155 Å². The summed E-state index contributed by atoms with van der Waals surface area (Å²) in [6.45, 7) is 1.53. The lowest BCUT2D eigenvalue weighted by molar-refractivity contribution is -0.146. The van der Waals surface area contributed by atoms with Crippen LogP contribution in [-0.2, 0) is 20.7 Å². The maximum absolute atomic E-state index is 12.8. The number of nitrogens with one attached hydrogen (secondary N) is 1. The third kappa shape index (κ3) is 5.42. The summed E-state index contributed by atoms with van der Waals surface area (Å²) in [6.07, 6.45) is -0.0223. The molecule has 1 N–H and O–H groups in total. The van der Waals surface area contributed by atoms with E-state index in [4.69, 9.17) is 4.74 Å². The molecule has 24 heavy (non-hydrogen) atoms. The third-order valence-corrected chi connectivity index (χ3v) is 4.33. The molecular formula is C17H14Br2FNO3. The molecule has 0 unspecified atom stereocenters. The summed E-state index contributed by atoms with van der Waals surface area (Å²) in [4.78, 5) is 23.6. The Balaban J connectivity index is 1.87. The SMILES string of the molecule is Cc1cc(Br)c(NC(=O)COC(=O)Cc2ccc(F)cc2)c(Br)c1. The molecule has 0 aliphatic rings. The van der Waals surface area contributed by atoms with Gasteiger partial charge in [-0.3, -0.25) is 9.59 Å². The van der Waals surface area contributed by atoms with Gasteiger partial charge in [-0.15, -0.1) is 0 Å². The summed E-state index contributed by atoms with van der Waals surface area (Å²) in [7, 11) is 0. The van der Waals surface area contributed by atoms with E-state index in [1.165, 1.54) is 24.3 Å². The van der Waals surface area contributed by atoms with Crippen molar-refractivity contribution in [2.45, 2.75) is 13.3 Å². The van der Waals surface area contributed by atoms with Gasteiger partial charge in [-0.05, 0) is 74.2 Å². The van der Waals surface area contributed by atoms with Gasteiger partial charge in [0.05, 0.1) is 12.1 Å². The van der Waals surface area contributed by atoms with Crippen LogP contribution in [0.25, 0.3) is 0 Å². The number of hydrogen-bond acceptors (Lipinski definition) is 3. The monoisotopic (exact) mass is 457 g/mol. The molecule has 0 heterocycles. The van der Waals surface area contributed by atoms with E-state index in [1.54, 1.807) is 0 Å². The van der Waals surface area contributed by atoms with Gasteiger partial charge in [-0.25, -0.2) is 4.39 Å². The quantitative estimate of drug-likeness (QED) is 0.676. The van der Waals surface area contributed by atoms with Crippen molar-refractivity contribution < 1.29 is 18.7 Å². The van der Waals surface area contributed by atoms with E-state index in [2.05, 4.69) is 37.2 Å². The van der Waals surface area contributed by atoms with Crippen LogP contribution in [0.2, 0.25) is 0 Å². The molecule has 0 saturated carbocycles. The number of rotatable bonds is 5. The number of esters is 1. The van der Waals surface area contributed by atoms with Crippen molar-refractivity contribution in [3.05, 3.63) is 62.3 Å². The van der Waals surface area contributed by atoms with E-state index in [-0.39, 0.29) is 12.2 Å². The van der Waals surface area contributed by atoms with Crippen LogP contribution in [0.3, 0.4) is 0 Å². The zero-order valence-electron chi connectivity index (χ0n) is 12.7. The minimum absolute atomic E-state index is 0.0223. The minimum atomic E-state index is -0.557. The van der Waals surface area contributed by atoms with Crippen LogP contribution >= 0.6 is 31.9 Å². The summed E-state index contributed by atoms with van der Waals surface area (Å²) in [5.41, 5.74) is 2.21. The summed E-state index contributed by atoms with van der Waals surface area (Å²) in [6, 6.07) is 9.25. The number of benzene rings is 2. The van der Waals surface area contributed by atoms with E-state index in [0.717, 1.165) is 14.5 Å². The normalized spacial score (nSPS) is 10.3. The maximum Gasteiger partial charge on any atom is 0.310 e. The van der Waals surface area contributed by atoms with Crippen molar-refractivity contribution in [1.29, 1.82) is 0 Å². The van der Waals surface area contributed by atoms with Crippen molar-refractivity contribution in [2.24, 2.45) is 0 Å². The number of aryl methyl sites for hydroxylation is 1. The Morgan fingerprint density at radius 2 is 1.71 bits per heavy atom. The first kappa shape index (κ1) is 18.6. The predicted octanol–water partition coefficient (Wildman–Crippen LogP) is 4.38. The molecule has 0 aromatic heterocycles. The van der Waals surface area contributed by atoms with Crippen molar-refractivity contribution in [1.82, 2.24) is 0 Å². The second kappa shape index (κ2) is 8.39. The van der Waals surface area contributed by atoms with Crippen LogP contribution in [0.1, 0.15) is 11.1 Å². The molecule has 4 nitrogen and oxygen atoms in total. The molecule has 2 aromatic rings. The number of hydrogen-bond donors (Lipinski definition) is 1. The van der Waals surface area contributed by atoms with Crippen molar-refractivity contribution in [3.63, 3.8) is 0 Å². The topological polar surface area (TPSA) is 55.4 Å². The number of carbonyl (C=O) groups is 2. The maximum atomic E-state index is 12.8. The second-order valence-electron chi connectivity index (χ2n) is 5.12. The molecule has 7 heteroatoms. The van der Waals surface area contributed by atoms with Crippen LogP contribution in [0.4, 0.5) is 10.1 Å². The molecule has 126 valence electrons. The fourth-order valence-electron chi connectivity index (χ4n) is 1.96. The molecule has 0 fully saturated rings. The van der Waals surface area contributed by atoms with Crippen LogP contribution in [0, 0.1) is 12.7 Å². The van der Waals surface area contributed by atoms with E-state index in [9.17, 15) is 14.0 Å². The van der Waals surface area contributed by atoms with Crippen LogP contribution < -0.4 is 5.32 Å². The highest BCUT2D eigenvalue weighted by Gasteiger charge is 2.12. The molecule has 1 amide bonds. The fraction of sp³-hybridized carbons (Fsp3) is 0.176. The summed E-state index contributed by atoms with van der Waals surface area (Å²) >= 11 is 6.75. The van der Waals surface area contributed by atoms with Gasteiger partial charge in [0, 0.05) is 8.95 Å². The van der Waals surface area contributed by atoms with Gasteiger partial charge in [0.1, 0.15) is 5.82 Å². The lowest BCUT2D eigenvalue weighted by Crippen LogP contribution is -2.22. The van der Waals surface area contributed by atoms with E-state index in [1.807, 2.05) is 19.1 Å². The minimum Gasteiger partial charge on any atom is -0.455 e. The van der Waals surface area contributed by atoms with Crippen LogP contribution in [-0.4, -0.2) is 18.5 Å². The largest absolute Gasteiger partial charge is 0.455 e. The van der Waals surface area contributed by atoms with Crippen molar-refractivity contribution >= 4 is 49.4 Å². The van der Waals surface area contributed by atoms with Crippen LogP contribution in [0.5, 0.6) is 0 Å². The molecule has 0 radical (unpaired) electrons. The van der Waals surface area contributed by atoms with Crippen molar-refractivity contribution in [3.8, 4) is 0 Å². The lowest BCUT2D eigenvalue weighted by atomic mass is 10.1. The van der Waals surface area contributed by atoms with Gasteiger partial charge in [0.2, 0.25) is 0 Å². The number of anilines is 1. The summed E-state index contributed by atoms with van der Waals surface area (Å²) in [5.74, 6) is -1.38. The fourth-order valence-corrected chi connectivity index (χ4v) is 3.57. The molecule has 0 bridgehead atoms. The Morgan fingerprint density at radius 1 is 1.12 bits per heavy atom. The third-order valence-electron chi connectivity index (χ3n) is 3.08. The lowest BCUT2D eigenvalue weighted by Gasteiger charge is -2.11. The number of halogens is 3. The first-order valence-electron chi connectivity index (χ1n) is 7.00. The van der Waals surface area contributed by atoms with Gasteiger partial charge in [0.15, 0.2) is 6.61 Å². The highest BCUT2D eigenvalue weighted by Crippen LogP contribution is 2.32. The van der Waals surface area contributed by atoms with Gasteiger partial charge < -0.3 is 10.1 Å². The smallest absolute Gasteiger partial charge is 0.310 e. The zero-order chi connectivity index (χ0) is 17.7. The first-order chi connectivity index (χ1) is 11.3. The van der Waals surface area contributed by atoms with Gasteiger partial charge >= 0.3 is 5.97 Å². The van der Waals surface area contributed by atoms with Gasteiger partial charge in [0.25, 0.3) is 5.91 Å². The molecule has 2 aromatic carbocycles. The molecule has 0 aliphatic heterocycles. The second-order valence-corrected chi connectivity index (χ2v) is 6.82. The first-order valence-corrected chi connectivity index (χ1v) is 8.59. The Kier molecular flexibility index (Phi) is 6.51. The number of amides is 1. The average Bonchev–Trinajstić information content (AvgIpc) is 2.51. The van der Waals surface area contributed by atoms with E-state index < -0.39 is 18.5 Å². The molecule has 0 atom stereocenters. The van der Waals surface area contributed by atoms with Crippen LogP contribution in [0.15, 0.2) is 45.3 Å². The zero-order valence-corrected chi connectivity index (χ0v) is 15.9. The number of carbonyl (C=O) groups excluding carboxylic acids is 2. The highest BCUT2D eigenvalue weighted by atomic mass is 79.9. The molecule has 0 saturated heterocycles. The van der Waals surface area contributed by atoms with Crippen molar-refractivity contribution in [2.75, 3.05) is 11.9 Å². The Hall–Kier alpha value is -1.73. The number of ether oxygens (including phenoxy) is 1.